The molecule has 0 radical (unpaired) electrons. The molecule has 0 saturated heterocycles. The molecule has 1 N–H and O–H groups in total. The minimum atomic E-state index is -5.00. The Labute approximate surface area is 144 Å². The third-order valence-electron chi connectivity index (χ3n) is 4.08. The number of carboxylic acids is 1. The Balaban J connectivity index is 1.92. The molecular weight excluding hydrogens is 356 g/mol. The van der Waals surface area contributed by atoms with Crippen molar-refractivity contribution in [3.05, 3.63) is 64.2 Å². The summed E-state index contributed by atoms with van der Waals surface area (Å²) in [4.78, 5) is 28.6. The van der Waals surface area contributed by atoms with Crippen molar-refractivity contribution in [3.8, 4) is 0 Å². The number of carbonyl (C=O) groups excluding carboxylic acids is 1. The molecule has 0 spiro atoms. The number of hydrogen-bond acceptors (Lipinski definition) is 3. The maximum Gasteiger partial charge on any atom is 0.420 e. The Morgan fingerprint density at radius 3 is 2.54 bits per heavy atom. The van der Waals surface area contributed by atoms with Gasteiger partial charge in [-0.1, -0.05) is 12.1 Å². The molecule has 2 heterocycles. The summed E-state index contributed by atoms with van der Waals surface area (Å²) in [6.45, 7) is 0.0184. The number of aromatic carboxylic acids is 1. The van der Waals surface area contributed by atoms with Crippen LogP contribution in [0.5, 0.6) is 0 Å². The number of benzene rings is 1. The first kappa shape index (κ1) is 17.8. The number of alkyl halides is 3. The van der Waals surface area contributed by atoms with Gasteiger partial charge in [0, 0.05) is 25.2 Å². The number of rotatable bonds is 2. The van der Waals surface area contributed by atoms with Gasteiger partial charge < -0.3 is 10.0 Å². The Hall–Kier alpha value is -2.97. The maximum absolute atomic E-state index is 13.7. The number of amides is 1. The highest BCUT2D eigenvalue weighted by Gasteiger charge is 2.39. The smallest absolute Gasteiger partial charge is 0.420 e. The lowest BCUT2D eigenvalue weighted by molar-refractivity contribution is -0.140. The van der Waals surface area contributed by atoms with E-state index in [2.05, 4.69) is 4.98 Å². The first-order chi connectivity index (χ1) is 12.2. The van der Waals surface area contributed by atoms with E-state index in [0.29, 0.717) is 17.3 Å². The maximum atomic E-state index is 13.7. The summed E-state index contributed by atoms with van der Waals surface area (Å²) in [5.74, 6) is -3.64. The molecule has 0 saturated carbocycles. The van der Waals surface area contributed by atoms with Crippen LogP contribution in [0.4, 0.5) is 17.6 Å². The van der Waals surface area contributed by atoms with Crippen molar-refractivity contribution >= 4 is 11.9 Å². The van der Waals surface area contributed by atoms with Gasteiger partial charge in [-0.2, -0.15) is 13.2 Å². The van der Waals surface area contributed by atoms with E-state index in [1.165, 1.54) is 12.1 Å². The molecule has 0 aliphatic carbocycles. The second-order valence-electron chi connectivity index (χ2n) is 5.74. The van der Waals surface area contributed by atoms with Gasteiger partial charge in [-0.25, -0.2) is 14.2 Å². The number of pyridine rings is 1. The predicted octanol–water partition coefficient (Wildman–Crippen LogP) is 3.14. The topological polar surface area (TPSA) is 70.5 Å². The molecule has 5 nitrogen and oxygen atoms in total. The second-order valence-corrected chi connectivity index (χ2v) is 5.74. The van der Waals surface area contributed by atoms with Crippen LogP contribution in [0.2, 0.25) is 0 Å². The van der Waals surface area contributed by atoms with Gasteiger partial charge in [-0.15, -0.1) is 0 Å². The van der Waals surface area contributed by atoms with Crippen LogP contribution in [-0.2, 0) is 19.1 Å². The van der Waals surface area contributed by atoms with Crippen LogP contribution in [0, 0.1) is 5.82 Å². The molecule has 26 heavy (non-hydrogen) atoms. The van der Waals surface area contributed by atoms with E-state index in [1.807, 2.05) is 0 Å². The number of carboxylic acid groups (broad SMARTS) is 1. The van der Waals surface area contributed by atoms with E-state index in [-0.39, 0.29) is 25.2 Å². The molecule has 1 aromatic carbocycles. The van der Waals surface area contributed by atoms with Gasteiger partial charge in [-0.3, -0.25) is 4.79 Å². The van der Waals surface area contributed by atoms with Gasteiger partial charge >= 0.3 is 12.1 Å². The largest absolute Gasteiger partial charge is 0.477 e. The van der Waals surface area contributed by atoms with Crippen molar-refractivity contribution in [1.29, 1.82) is 0 Å². The van der Waals surface area contributed by atoms with E-state index < -0.39 is 35.0 Å². The fraction of sp³-hybridized carbons (Fsp3) is 0.235. The molecule has 1 aliphatic heterocycles. The molecule has 9 heteroatoms. The molecule has 0 bridgehead atoms. The third kappa shape index (κ3) is 3.24. The van der Waals surface area contributed by atoms with Crippen LogP contribution >= 0.6 is 0 Å². The summed E-state index contributed by atoms with van der Waals surface area (Å²) in [5, 5.41) is 8.94. The first-order valence-corrected chi connectivity index (χ1v) is 7.55. The fourth-order valence-corrected chi connectivity index (χ4v) is 2.87. The zero-order chi connectivity index (χ0) is 19.1. The molecule has 1 aliphatic rings. The highest BCUT2D eigenvalue weighted by molar-refractivity contribution is 5.96. The summed E-state index contributed by atoms with van der Waals surface area (Å²) in [7, 11) is 0. The van der Waals surface area contributed by atoms with Gasteiger partial charge in [0.15, 0.2) is 0 Å². The standard InChI is InChI=1S/C17H12F4N2O3/c18-11-3-1-2-10(14(11)17(19,20)21)15(24)23-7-6-12-9(8-23)4-5-13(22-12)16(25)26/h1-5H,6-8H2,(H,25,26). The number of hydrogen-bond donors (Lipinski definition) is 1. The Bertz CT molecular complexity index is 896. The minimum Gasteiger partial charge on any atom is -0.477 e. The minimum absolute atomic E-state index is 0.0329. The molecule has 2 aromatic rings. The molecule has 0 fully saturated rings. The van der Waals surface area contributed by atoms with Gasteiger partial charge in [-0.05, 0) is 23.8 Å². The van der Waals surface area contributed by atoms with Crippen molar-refractivity contribution in [2.75, 3.05) is 6.54 Å². The SMILES string of the molecule is O=C(O)c1ccc2c(n1)CCN(C(=O)c1cccc(F)c1C(F)(F)F)C2. The van der Waals surface area contributed by atoms with Gasteiger partial charge in [0.2, 0.25) is 0 Å². The van der Waals surface area contributed by atoms with Crippen molar-refractivity contribution in [2.45, 2.75) is 19.1 Å². The lowest BCUT2D eigenvalue weighted by Gasteiger charge is -2.29. The van der Waals surface area contributed by atoms with Gasteiger partial charge in [0.05, 0.1) is 5.56 Å². The summed E-state index contributed by atoms with van der Waals surface area (Å²) in [6.07, 6.45) is -4.80. The predicted molar refractivity (Wildman–Crippen MR) is 81.0 cm³/mol. The average molecular weight is 368 g/mol. The molecular formula is C17H12F4N2O3. The van der Waals surface area contributed by atoms with E-state index in [1.54, 1.807) is 0 Å². The third-order valence-corrected chi connectivity index (χ3v) is 4.08. The van der Waals surface area contributed by atoms with Crippen LogP contribution in [0.1, 0.15) is 37.7 Å². The highest BCUT2D eigenvalue weighted by atomic mass is 19.4. The van der Waals surface area contributed by atoms with Crippen LogP contribution < -0.4 is 0 Å². The van der Waals surface area contributed by atoms with E-state index in [4.69, 9.17) is 5.11 Å². The average Bonchev–Trinajstić information content (AvgIpc) is 2.58. The van der Waals surface area contributed by atoms with Crippen molar-refractivity contribution in [3.63, 3.8) is 0 Å². The summed E-state index contributed by atoms with van der Waals surface area (Å²) in [5.41, 5.74) is -1.47. The quantitative estimate of drug-likeness (QED) is 0.827. The van der Waals surface area contributed by atoms with E-state index in [0.717, 1.165) is 17.0 Å². The van der Waals surface area contributed by atoms with E-state index >= 15 is 0 Å². The molecule has 0 unspecified atom stereocenters. The van der Waals surface area contributed by atoms with Crippen LogP contribution in [0.25, 0.3) is 0 Å². The van der Waals surface area contributed by atoms with Crippen molar-refractivity contribution < 1.29 is 32.3 Å². The second kappa shape index (κ2) is 6.40. The number of fused-ring (bicyclic) bond motifs is 1. The summed E-state index contributed by atoms with van der Waals surface area (Å²) in [6, 6.07) is 5.38. The number of nitrogens with zero attached hydrogens (tertiary/aromatic N) is 2. The molecule has 1 aromatic heterocycles. The van der Waals surface area contributed by atoms with Gasteiger partial charge in [0.1, 0.15) is 17.1 Å². The lowest BCUT2D eigenvalue weighted by atomic mass is 10.0. The molecule has 3 rings (SSSR count). The molecule has 136 valence electrons. The van der Waals surface area contributed by atoms with Gasteiger partial charge in [0.25, 0.3) is 5.91 Å². The zero-order valence-corrected chi connectivity index (χ0v) is 13.2. The van der Waals surface area contributed by atoms with Crippen molar-refractivity contribution in [1.82, 2.24) is 9.88 Å². The molecule has 0 atom stereocenters. The fourth-order valence-electron chi connectivity index (χ4n) is 2.87. The summed E-state index contributed by atoms with van der Waals surface area (Å²) >= 11 is 0. The zero-order valence-electron chi connectivity index (χ0n) is 13.2. The van der Waals surface area contributed by atoms with Crippen LogP contribution in [-0.4, -0.2) is 33.4 Å². The van der Waals surface area contributed by atoms with Crippen LogP contribution in [0.3, 0.4) is 0 Å². The summed E-state index contributed by atoms with van der Waals surface area (Å²) < 4.78 is 53.0. The highest BCUT2D eigenvalue weighted by Crippen LogP contribution is 2.35. The Morgan fingerprint density at radius 2 is 1.88 bits per heavy atom. The monoisotopic (exact) mass is 368 g/mol. The van der Waals surface area contributed by atoms with Crippen LogP contribution in [0.15, 0.2) is 30.3 Å². The number of carbonyl (C=O) groups is 2. The normalized spacial score (nSPS) is 14.1. The number of aromatic nitrogens is 1. The Morgan fingerprint density at radius 1 is 1.15 bits per heavy atom. The Kier molecular flexibility index (Phi) is 4.39. The molecule has 1 amide bonds. The lowest BCUT2D eigenvalue weighted by Crippen LogP contribution is -2.37. The first-order valence-electron chi connectivity index (χ1n) is 7.55. The van der Waals surface area contributed by atoms with Crippen molar-refractivity contribution in [2.24, 2.45) is 0 Å². The van der Waals surface area contributed by atoms with E-state index in [9.17, 15) is 27.2 Å². The number of halogens is 4.